The third kappa shape index (κ3) is 4.66. The highest BCUT2D eigenvalue weighted by molar-refractivity contribution is 7.14. The fourth-order valence-electron chi connectivity index (χ4n) is 3.03. The molecule has 2 N–H and O–H groups in total. The zero-order valence-corrected chi connectivity index (χ0v) is 15.2. The van der Waals surface area contributed by atoms with E-state index in [0.717, 1.165) is 49.0 Å². The van der Waals surface area contributed by atoms with Crippen molar-refractivity contribution in [1.82, 2.24) is 4.98 Å². The molecular weight excluding hydrogens is 334 g/mol. The first-order chi connectivity index (χ1) is 12.2. The molecule has 0 unspecified atom stereocenters. The lowest BCUT2D eigenvalue weighted by atomic mass is 10.1. The molecule has 132 valence electrons. The predicted molar refractivity (Wildman–Crippen MR) is 102 cm³/mol. The molecule has 0 radical (unpaired) electrons. The summed E-state index contributed by atoms with van der Waals surface area (Å²) in [6.45, 7) is 1.98. The summed E-state index contributed by atoms with van der Waals surface area (Å²) in [5.41, 5.74) is 2.58. The quantitative estimate of drug-likeness (QED) is 0.789. The van der Waals surface area contributed by atoms with Gasteiger partial charge in [-0.3, -0.25) is 9.59 Å². The monoisotopic (exact) mass is 357 g/mol. The molecule has 1 heterocycles. The molecule has 0 aliphatic heterocycles. The van der Waals surface area contributed by atoms with Crippen LogP contribution in [0.1, 0.15) is 45.4 Å². The van der Waals surface area contributed by atoms with Crippen molar-refractivity contribution in [3.63, 3.8) is 0 Å². The second-order valence-corrected chi connectivity index (χ2v) is 7.24. The maximum Gasteiger partial charge on any atom is 0.229 e. The maximum atomic E-state index is 12.2. The summed E-state index contributed by atoms with van der Waals surface area (Å²) in [7, 11) is 0. The Morgan fingerprint density at radius 1 is 1.16 bits per heavy atom. The zero-order valence-electron chi connectivity index (χ0n) is 14.4. The van der Waals surface area contributed by atoms with Crippen LogP contribution in [0.4, 0.5) is 10.8 Å². The summed E-state index contributed by atoms with van der Waals surface area (Å²) in [5.74, 6) is 0.256. The molecule has 1 aromatic heterocycles. The van der Waals surface area contributed by atoms with Gasteiger partial charge in [-0.2, -0.15) is 0 Å². The van der Waals surface area contributed by atoms with Crippen LogP contribution in [0, 0.1) is 5.92 Å². The molecule has 3 rings (SSSR count). The SMILES string of the molecule is CCCC(=O)Nc1ccc(-c2csc(NC(=O)C3CCCC3)n2)cc1. The van der Waals surface area contributed by atoms with E-state index in [-0.39, 0.29) is 17.7 Å². The van der Waals surface area contributed by atoms with Gasteiger partial charge >= 0.3 is 0 Å². The first kappa shape index (κ1) is 17.6. The molecular formula is C19H23N3O2S. The number of carbonyl (C=O) groups is 2. The number of anilines is 2. The minimum atomic E-state index is 0.0285. The molecule has 25 heavy (non-hydrogen) atoms. The van der Waals surface area contributed by atoms with Crippen molar-refractivity contribution < 1.29 is 9.59 Å². The first-order valence-electron chi connectivity index (χ1n) is 8.82. The van der Waals surface area contributed by atoms with Crippen LogP contribution < -0.4 is 10.6 Å². The van der Waals surface area contributed by atoms with Gasteiger partial charge < -0.3 is 10.6 Å². The summed E-state index contributed by atoms with van der Waals surface area (Å²) < 4.78 is 0. The van der Waals surface area contributed by atoms with Gasteiger partial charge in [-0.1, -0.05) is 31.9 Å². The maximum absolute atomic E-state index is 12.2. The average molecular weight is 357 g/mol. The Hall–Kier alpha value is -2.21. The summed E-state index contributed by atoms with van der Waals surface area (Å²) in [6, 6.07) is 7.61. The van der Waals surface area contributed by atoms with Crippen LogP contribution in [0.15, 0.2) is 29.6 Å². The Morgan fingerprint density at radius 2 is 1.88 bits per heavy atom. The van der Waals surface area contributed by atoms with Gasteiger partial charge in [0.05, 0.1) is 5.69 Å². The number of benzene rings is 1. The number of nitrogens with zero attached hydrogens (tertiary/aromatic N) is 1. The Morgan fingerprint density at radius 3 is 2.56 bits per heavy atom. The molecule has 1 aliphatic carbocycles. The third-order valence-electron chi connectivity index (χ3n) is 4.40. The fraction of sp³-hybridized carbons (Fsp3) is 0.421. The molecule has 0 atom stereocenters. The van der Waals surface area contributed by atoms with Crippen molar-refractivity contribution in [2.24, 2.45) is 5.92 Å². The number of carbonyl (C=O) groups excluding carboxylic acids is 2. The smallest absolute Gasteiger partial charge is 0.229 e. The van der Waals surface area contributed by atoms with E-state index in [1.165, 1.54) is 11.3 Å². The molecule has 0 saturated heterocycles. The Balaban J connectivity index is 1.61. The van der Waals surface area contributed by atoms with E-state index in [1.807, 2.05) is 36.6 Å². The van der Waals surface area contributed by atoms with Crippen molar-refractivity contribution in [2.45, 2.75) is 45.4 Å². The molecule has 1 aliphatic rings. The average Bonchev–Trinajstić information content (AvgIpc) is 3.27. The number of amides is 2. The van der Waals surface area contributed by atoms with Crippen molar-refractivity contribution >= 4 is 34.0 Å². The first-order valence-corrected chi connectivity index (χ1v) is 9.70. The van der Waals surface area contributed by atoms with Crippen molar-refractivity contribution in [3.05, 3.63) is 29.6 Å². The minimum absolute atomic E-state index is 0.0285. The normalized spacial score (nSPS) is 14.4. The lowest BCUT2D eigenvalue weighted by Crippen LogP contribution is -2.20. The van der Waals surface area contributed by atoms with Crippen LogP contribution >= 0.6 is 11.3 Å². The minimum Gasteiger partial charge on any atom is -0.326 e. The van der Waals surface area contributed by atoms with Gasteiger partial charge in [0.2, 0.25) is 11.8 Å². The van der Waals surface area contributed by atoms with Crippen LogP contribution in [-0.2, 0) is 9.59 Å². The highest BCUT2D eigenvalue weighted by Gasteiger charge is 2.23. The van der Waals surface area contributed by atoms with E-state index >= 15 is 0 Å². The number of rotatable bonds is 6. The third-order valence-corrected chi connectivity index (χ3v) is 5.16. The van der Waals surface area contributed by atoms with Crippen molar-refractivity contribution in [2.75, 3.05) is 10.6 Å². The lowest BCUT2D eigenvalue weighted by molar-refractivity contribution is -0.119. The van der Waals surface area contributed by atoms with Gasteiger partial charge in [0, 0.05) is 29.0 Å². The van der Waals surface area contributed by atoms with E-state index in [9.17, 15) is 9.59 Å². The van der Waals surface area contributed by atoms with E-state index in [0.29, 0.717) is 11.6 Å². The highest BCUT2D eigenvalue weighted by atomic mass is 32.1. The number of hydrogen-bond donors (Lipinski definition) is 2. The fourth-order valence-corrected chi connectivity index (χ4v) is 3.76. The summed E-state index contributed by atoms with van der Waals surface area (Å²) in [6.07, 6.45) is 5.60. The molecule has 6 heteroatoms. The van der Waals surface area contributed by atoms with Crippen LogP contribution in [-0.4, -0.2) is 16.8 Å². The molecule has 1 fully saturated rings. The van der Waals surface area contributed by atoms with Gasteiger partial charge in [-0.15, -0.1) is 11.3 Å². The van der Waals surface area contributed by atoms with E-state index in [4.69, 9.17) is 0 Å². The lowest BCUT2D eigenvalue weighted by Gasteiger charge is -2.07. The largest absolute Gasteiger partial charge is 0.326 e. The van der Waals surface area contributed by atoms with Crippen LogP contribution in [0.2, 0.25) is 0 Å². The van der Waals surface area contributed by atoms with Gasteiger partial charge in [0.1, 0.15) is 0 Å². The van der Waals surface area contributed by atoms with Gasteiger partial charge in [0.15, 0.2) is 5.13 Å². The Labute approximate surface area is 151 Å². The molecule has 2 amide bonds. The second kappa shape index (κ2) is 8.25. The Bertz CT molecular complexity index is 733. The standard InChI is InChI=1S/C19H23N3O2S/c1-2-5-17(23)20-15-10-8-13(9-11-15)16-12-25-19(21-16)22-18(24)14-6-3-4-7-14/h8-12,14H,2-7H2,1H3,(H,20,23)(H,21,22,24). The van der Waals surface area contributed by atoms with Gasteiger partial charge in [-0.25, -0.2) is 4.98 Å². The zero-order chi connectivity index (χ0) is 17.6. The topological polar surface area (TPSA) is 71.1 Å². The molecule has 1 saturated carbocycles. The Kier molecular flexibility index (Phi) is 5.81. The second-order valence-electron chi connectivity index (χ2n) is 6.38. The molecule has 0 bridgehead atoms. The van der Waals surface area contributed by atoms with Gasteiger partial charge in [-0.05, 0) is 31.4 Å². The van der Waals surface area contributed by atoms with E-state index in [1.54, 1.807) is 0 Å². The number of thiazole rings is 1. The van der Waals surface area contributed by atoms with Crippen LogP contribution in [0.25, 0.3) is 11.3 Å². The molecule has 5 nitrogen and oxygen atoms in total. The predicted octanol–water partition coefficient (Wildman–Crippen LogP) is 4.68. The summed E-state index contributed by atoms with van der Waals surface area (Å²) in [4.78, 5) is 28.3. The highest BCUT2D eigenvalue weighted by Crippen LogP contribution is 2.29. The van der Waals surface area contributed by atoms with Gasteiger partial charge in [0.25, 0.3) is 0 Å². The summed E-state index contributed by atoms with van der Waals surface area (Å²) in [5, 5.41) is 8.39. The van der Waals surface area contributed by atoms with E-state index in [2.05, 4.69) is 15.6 Å². The van der Waals surface area contributed by atoms with Crippen molar-refractivity contribution in [3.8, 4) is 11.3 Å². The van der Waals surface area contributed by atoms with Crippen LogP contribution in [0.3, 0.4) is 0 Å². The van der Waals surface area contributed by atoms with E-state index < -0.39 is 0 Å². The number of hydrogen-bond acceptors (Lipinski definition) is 4. The molecule has 2 aromatic rings. The molecule has 0 spiro atoms. The summed E-state index contributed by atoms with van der Waals surface area (Å²) >= 11 is 1.44. The number of nitrogens with one attached hydrogen (secondary N) is 2. The number of aromatic nitrogens is 1. The van der Waals surface area contributed by atoms with Crippen molar-refractivity contribution in [1.29, 1.82) is 0 Å². The van der Waals surface area contributed by atoms with Crippen LogP contribution in [0.5, 0.6) is 0 Å². The molecule has 1 aromatic carbocycles.